The Balaban J connectivity index is 2.80. The van der Waals surface area contributed by atoms with Crippen LogP contribution in [0.15, 0.2) is 24.3 Å². The van der Waals surface area contributed by atoms with E-state index in [0.717, 1.165) is 0 Å². The smallest absolute Gasteiger partial charge is 0.387 e. The lowest BCUT2D eigenvalue weighted by Crippen LogP contribution is -2.03. The van der Waals surface area contributed by atoms with Crippen molar-refractivity contribution in [2.75, 3.05) is 0 Å². The minimum absolute atomic E-state index is 0.0229. The van der Waals surface area contributed by atoms with Gasteiger partial charge in [0, 0.05) is 5.56 Å². The molecule has 0 saturated heterocycles. The lowest BCUT2D eigenvalue weighted by atomic mass is 10.1. The fourth-order valence-corrected chi connectivity index (χ4v) is 1.12. The molecule has 0 aliphatic carbocycles. The monoisotopic (exact) mass is 224 g/mol. The molecular formula is C12H10F2O2. The number of hydrogen-bond acceptors (Lipinski definition) is 2. The van der Waals surface area contributed by atoms with E-state index in [1.54, 1.807) is 6.92 Å². The second-order valence-corrected chi connectivity index (χ2v) is 2.93. The Morgan fingerprint density at radius 1 is 1.50 bits per heavy atom. The predicted molar refractivity (Wildman–Crippen MR) is 55.5 cm³/mol. The van der Waals surface area contributed by atoms with Crippen LogP contribution in [0, 0.1) is 11.8 Å². The maximum atomic E-state index is 11.9. The number of carbonyl (C=O) groups is 1. The molecular weight excluding hydrogens is 214 g/mol. The van der Waals surface area contributed by atoms with Crippen molar-refractivity contribution in [3.63, 3.8) is 0 Å². The SMILES string of the molecule is CC#CCC(=O)c1cccc(OC(F)F)c1. The third-order valence-electron chi connectivity index (χ3n) is 1.81. The Kier molecular flexibility index (Phi) is 4.46. The molecule has 0 heterocycles. The number of carbonyl (C=O) groups excluding carboxylic acids is 1. The molecule has 0 spiro atoms. The first kappa shape index (κ1) is 12.2. The van der Waals surface area contributed by atoms with E-state index in [4.69, 9.17) is 0 Å². The highest BCUT2D eigenvalue weighted by Crippen LogP contribution is 2.16. The average Bonchev–Trinajstić information content (AvgIpc) is 2.25. The van der Waals surface area contributed by atoms with E-state index in [1.165, 1.54) is 24.3 Å². The summed E-state index contributed by atoms with van der Waals surface area (Å²) in [5, 5.41) is 0. The molecule has 0 aliphatic heterocycles. The summed E-state index contributed by atoms with van der Waals surface area (Å²) < 4.78 is 28.0. The summed E-state index contributed by atoms with van der Waals surface area (Å²) in [6, 6.07) is 5.68. The van der Waals surface area contributed by atoms with Crippen LogP contribution < -0.4 is 4.74 Å². The third kappa shape index (κ3) is 3.70. The summed E-state index contributed by atoms with van der Waals surface area (Å²) in [7, 11) is 0. The number of halogens is 2. The molecule has 0 fully saturated rings. The van der Waals surface area contributed by atoms with Crippen LogP contribution in [0.2, 0.25) is 0 Å². The van der Waals surface area contributed by atoms with Gasteiger partial charge in [-0.1, -0.05) is 18.1 Å². The average molecular weight is 224 g/mol. The van der Waals surface area contributed by atoms with Crippen molar-refractivity contribution in [2.45, 2.75) is 20.0 Å². The van der Waals surface area contributed by atoms with Gasteiger partial charge < -0.3 is 4.74 Å². The lowest BCUT2D eigenvalue weighted by Gasteiger charge is -2.05. The highest BCUT2D eigenvalue weighted by Gasteiger charge is 2.08. The van der Waals surface area contributed by atoms with Crippen molar-refractivity contribution in [3.8, 4) is 17.6 Å². The van der Waals surface area contributed by atoms with E-state index in [1.807, 2.05) is 0 Å². The minimum Gasteiger partial charge on any atom is -0.435 e. The molecule has 1 rings (SSSR count). The molecule has 0 atom stereocenters. The lowest BCUT2D eigenvalue weighted by molar-refractivity contribution is -0.0498. The largest absolute Gasteiger partial charge is 0.435 e. The van der Waals surface area contributed by atoms with Gasteiger partial charge >= 0.3 is 6.61 Å². The molecule has 0 radical (unpaired) electrons. The van der Waals surface area contributed by atoms with Crippen LogP contribution in [0.5, 0.6) is 5.75 Å². The number of alkyl halides is 2. The van der Waals surface area contributed by atoms with E-state index < -0.39 is 6.61 Å². The quantitative estimate of drug-likeness (QED) is 0.580. The maximum absolute atomic E-state index is 11.9. The Bertz CT molecular complexity index is 430. The van der Waals surface area contributed by atoms with Gasteiger partial charge in [0.05, 0.1) is 6.42 Å². The number of rotatable bonds is 4. The Morgan fingerprint density at radius 3 is 2.88 bits per heavy atom. The molecule has 16 heavy (non-hydrogen) atoms. The summed E-state index contributed by atoms with van der Waals surface area (Å²) in [6.45, 7) is -1.26. The molecule has 2 nitrogen and oxygen atoms in total. The zero-order valence-corrected chi connectivity index (χ0v) is 8.67. The van der Waals surface area contributed by atoms with Crippen LogP contribution in [0.3, 0.4) is 0 Å². The molecule has 0 unspecified atom stereocenters. The summed E-state index contributed by atoms with van der Waals surface area (Å²) in [5.74, 6) is 4.97. The van der Waals surface area contributed by atoms with E-state index in [-0.39, 0.29) is 18.0 Å². The van der Waals surface area contributed by atoms with Gasteiger partial charge in [-0.3, -0.25) is 4.79 Å². The predicted octanol–water partition coefficient (Wildman–Crippen LogP) is 2.88. The van der Waals surface area contributed by atoms with Crippen LogP contribution in [0.25, 0.3) is 0 Å². The van der Waals surface area contributed by atoms with Crippen molar-refractivity contribution < 1.29 is 18.3 Å². The molecule has 0 saturated carbocycles. The van der Waals surface area contributed by atoms with Gasteiger partial charge in [-0.2, -0.15) is 8.78 Å². The van der Waals surface area contributed by atoms with Gasteiger partial charge in [-0.15, -0.1) is 5.92 Å². The molecule has 1 aromatic carbocycles. The normalized spacial score (nSPS) is 9.50. The van der Waals surface area contributed by atoms with Crippen LogP contribution in [0.1, 0.15) is 23.7 Å². The van der Waals surface area contributed by atoms with Crippen molar-refractivity contribution in [3.05, 3.63) is 29.8 Å². The summed E-state index contributed by atoms with van der Waals surface area (Å²) >= 11 is 0. The molecule has 4 heteroatoms. The molecule has 0 aliphatic rings. The number of ether oxygens (including phenoxy) is 1. The first-order valence-corrected chi connectivity index (χ1v) is 4.61. The van der Waals surface area contributed by atoms with Gasteiger partial charge in [0.15, 0.2) is 5.78 Å². The first-order valence-electron chi connectivity index (χ1n) is 4.61. The van der Waals surface area contributed by atoms with Crippen molar-refractivity contribution in [1.82, 2.24) is 0 Å². The number of Topliss-reactive ketones (excluding diaryl/α,β-unsaturated/α-hetero) is 1. The van der Waals surface area contributed by atoms with Crippen LogP contribution in [-0.2, 0) is 0 Å². The summed E-state index contributed by atoms with van der Waals surface area (Å²) in [5.41, 5.74) is 0.320. The second-order valence-electron chi connectivity index (χ2n) is 2.93. The van der Waals surface area contributed by atoms with Gasteiger partial charge in [0.2, 0.25) is 0 Å². The Hall–Kier alpha value is -1.89. The summed E-state index contributed by atoms with van der Waals surface area (Å²) in [4.78, 5) is 11.5. The van der Waals surface area contributed by atoms with Crippen LogP contribution >= 0.6 is 0 Å². The minimum atomic E-state index is -2.89. The Labute approximate surface area is 92.2 Å². The van der Waals surface area contributed by atoms with E-state index in [2.05, 4.69) is 16.6 Å². The van der Waals surface area contributed by atoms with Crippen molar-refractivity contribution >= 4 is 5.78 Å². The van der Waals surface area contributed by atoms with Gasteiger partial charge in [-0.25, -0.2) is 0 Å². The molecule has 0 aromatic heterocycles. The second kappa shape index (κ2) is 5.86. The topological polar surface area (TPSA) is 26.3 Å². The van der Waals surface area contributed by atoms with E-state index in [9.17, 15) is 13.6 Å². The zero-order chi connectivity index (χ0) is 12.0. The molecule has 1 aromatic rings. The standard InChI is InChI=1S/C12H10F2O2/c1-2-3-7-11(15)9-5-4-6-10(8-9)16-12(13)14/h4-6,8,12H,7H2,1H3. The maximum Gasteiger partial charge on any atom is 0.387 e. The molecule has 0 N–H and O–H groups in total. The molecule has 0 amide bonds. The van der Waals surface area contributed by atoms with Crippen LogP contribution in [0.4, 0.5) is 8.78 Å². The zero-order valence-electron chi connectivity index (χ0n) is 8.67. The van der Waals surface area contributed by atoms with Gasteiger partial charge in [-0.05, 0) is 19.1 Å². The van der Waals surface area contributed by atoms with Gasteiger partial charge in [0.1, 0.15) is 5.75 Å². The third-order valence-corrected chi connectivity index (χ3v) is 1.81. The Morgan fingerprint density at radius 2 is 2.25 bits per heavy atom. The summed E-state index contributed by atoms with van der Waals surface area (Å²) in [6.07, 6.45) is 0.0780. The number of ketones is 1. The number of hydrogen-bond donors (Lipinski definition) is 0. The highest BCUT2D eigenvalue weighted by atomic mass is 19.3. The van der Waals surface area contributed by atoms with Gasteiger partial charge in [0.25, 0.3) is 0 Å². The fourth-order valence-electron chi connectivity index (χ4n) is 1.12. The number of benzene rings is 1. The molecule has 84 valence electrons. The highest BCUT2D eigenvalue weighted by molar-refractivity contribution is 5.97. The first-order chi connectivity index (χ1) is 7.63. The van der Waals surface area contributed by atoms with Crippen LogP contribution in [-0.4, -0.2) is 12.4 Å². The fraction of sp³-hybridized carbons (Fsp3) is 0.250. The van der Waals surface area contributed by atoms with E-state index in [0.29, 0.717) is 5.56 Å². The van der Waals surface area contributed by atoms with Crippen molar-refractivity contribution in [2.24, 2.45) is 0 Å². The van der Waals surface area contributed by atoms with Crippen molar-refractivity contribution in [1.29, 1.82) is 0 Å². The van der Waals surface area contributed by atoms with E-state index >= 15 is 0 Å². The molecule has 0 bridgehead atoms.